The quantitative estimate of drug-likeness (QED) is 0.771. The fraction of sp³-hybridized carbons (Fsp3) is 0.125. The highest BCUT2D eigenvalue weighted by Crippen LogP contribution is 2.19. The SMILES string of the molecule is C[C@H](NC(=O)c1ccco1)c1ncc(-c2ccccc2)[nH]1. The fourth-order valence-corrected chi connectivity index (χ4v) is 2.06. The van der Waals surface area contributed by atoms with Gasteiger partial charge >= 0.3 is 0 Å². The van der Waals surface area contributed by atoms with Crippen molar-refractivity contribution in [3.8, 4) is 11.3 Å². The summed E-state index contributed by atoms with van der Waals surface area (Å²) in [7, 11) is 0. The number of benzene rings is 1. The first-order chi connectivity index (χ1) is 10.2. The van der Waals surface area contributed by atoms with Gasteiger partial charge < -0.3 is 14.7 Å². The number of rotatable bonds is 4. The first-order valence-electron chi connectivity index (χ1n) is 6.69. The van der Waals surface area contributed by atoms with Gasteiger partial charge in [0.15, 0.2) is 5.76 Å². The number of carbonyl (C=O) groups is 1. The van der Waals surface area contributed by atoms with Gasteiger partial charge in [0, 0.05) is 0 Å². The Labute approximate surface area is 122 Å². The van der Waals surface area contributed by atoms with Crippen molar-refractivity contribution < 1.29 is 9.21 Å². The summed E-state index contributed by atoms with van der Waals surface area (Å²) in [6.45, 7) is 1.87. The van der Waals surface area contributed by atoms with Crippen LogP contribution in [0.3, 0.4) is 0 Å². The fourth-order valence-electron chi connectivity index (χ4n) is 2.06. The van der Waals surface area contributed by atoms with Crippen LogP contribution in [0.1, 0.15) is 29.3 Å². The van der Waals surface area contributed by atoms with Gasteiger partial charge in [-0.15, -0.1) is 0 Å². The van der Waals surface area contributed by atoms with Crippen LogP contribution in [0.4, 0.5) is 0 Å². The Bertz CT molecular complexity index is 717. The molecule has 0 saturated carbocycles. The normalized spacial score (nSPS) is 12.0. The van der Waals surface area contributed by atoms with E-state index in [-0.39, 0.29) is 17.7 Å². The van der Waals surface area contributed by atoms with Crippen LogP contribution in [-0.4, -0.2) is 15.9 Å². The molecule has 1 atom stereocenters. The Balaban J connectivity index is 1.73. The second-order valence-electron chi connectivity index (χ2n) is 4.72. The number of aromatic amines is 1. The minimum atomic E-state index is -0.259. The Morgan fingerprint density at radius 1 is 1.24 bits per heavy atom. The molecule has 0 bridgehead atoms. The molecule has 0 aliphatic rings. The summed E-state index contributed by atoms with van der Waals surface area (Å²) < 4.78 is 5.06. The maximum Gasteiger partial charge on any atom is 0.287 e. The number of H-pyrrole nitrogens is 1. The number of aromatic nitrogens is 2. The lowest BCUT2D eigenvalue weighted by Crippen LogP contribution is -2.26. The van der Waals surface area contributed by atoms with Gasteiger partial charge in [-0.25, -0.2) is 4.98 Å². The van der Waals surface area contributed by atoms with E-state index in [9.17, 15) is 4.79 Å². The number of nitrogens with one attached hydrogen (secondary N) is 2. The number of hydrogen-bond donors (Lipinski definition) is 2. The number of amides is 1. The van der Waals surface area contributed by atoms with E-state index >= 15 is 0 Å². The monoisotopic (exact) mass is 281 g/mol. The molecular formula is C16H15N3O2. The van der Waals surface area contributed by atoms with Gasteiger partial charge in [0.2, 0.25) is 0 Å². The molecule has 1 amide bonds. The molecule has 0 spiro atoms. The van der Waals surface area contributed by atoms with Crippen LogP contribution in [0.2, 0.25) is 0 Å². The molecule has 0 saturated heterocycles. The van der Waals surface area contributed by atoms with E-state index in [0.29, 0.717) is 5.82 Å². The van der Waals surface area contributed by atoms with E-state index < -0.39 is 0 Å². The molecule has 2 N–H and O–H groups in total. The van der Waals surface area contributed by atoms with E-state index in [2.05, 4.69) is 15.3 Å². The van der Waals surface area contributed by atoms with Crippen LogP contribution in [0.5, 0.6) is 0 Å². The van der Waals surface area contributed by atoms with Crippen molar-refractivity contribution in [2.45, 2.75) is 13.0 Å². The van der Waals surface area contributed by atoms with Crippen LogP contribution in [0.25, 0.3) is 11.3 Å². The van der Waals surface area contributed by atoms with Crippen LogP contribution in [-0.2, 0) is 0 Å². The number of furan rings is 1. The van der Waals surface area contributed by atoms with Gasteiger partial charge in [0.1, 0.15) is 5.82 Å². The van der Waals surface area contributed by atoms with E-state index in [4.69, 9.17) is 4.42 Å². The molecule has 0 unspecified atom stereocenters. The largest absolute Gasteiger partial charge is 0.459 e. The molecule has 5 nitrogen and oxygen atoms in total. The highest BCUT2D eigenvalue weighted by atomic mass is 16.3. The van der Waals surface area contributed by atoms with Crippen LogP contribution < -0.4 is 5.32 Å². The molecule has 0 fully saturated rings. The van der Waals surface area contributed by atoms with Gasteiger partial charge in [0.25, 0.3) is 5.91 Å². The summed E-state index contributed by atoms with van der Waals surface area (Å²) >= 11 is 0. The Morgan fingerprint density at radius 2 is 2.05 bits per heavy atom. The Kier molecular flexibility index (Phi) is 3.55. The van der Waals surface area contributed by atoms with E-state index in [1.807, 2.05) is 37.3 Å². The molecule has 3 aromatic rings. The highest BCUT2D eigenvalue weighted by molar-refractivity contribution is 5.91. The molecule has 106 valence electrons. The summed E-state index contributed by atoms with van der Waals surface area (Å²) in [5.41, 5.74) is 1.98. The number of hydrogen-bond acceptors (Lipinski definition) is 3. The lowest BCUT2D eigenvalue weighted by molar-refractivity contribution is 0.0910. The maximum atomic E-state index is 11.9. The van der Waals surface area contributed by atoms with Crippen molar-refractivity contribution >= 4 is 5.91 Å². The lowest BCUT2D eigenvalue weighted by atomic mass is 10.2. The lowest BCUT2D eigenvalue weighted by Gasteiger charge is -2.10. The van der Waals surface area contributed by atoms with Crippen molar-refractivity contribution in [2.75, 3.05) is 0 Å². The van der Waals surface area contributed by atoms with Crippen LogP contribution in [0.15, 0.2) is 59.3 Å². The van der Waals surface area contributed by atoms with Crippen molar-refractivity contribution in [2.24, 2.45) is 0 Å². The average Bonchev–Trinajstić information content (AvgIpc) is 3.20. The third-order valence-corrected chi connectivity index (χ3v) is 3.18. The topological polar surface area (TPSA) is 70.9 Å². The van der Waals surface area contributed by atoms with E-state index in [0.717, 1.165) is 11.3 Å². The molecular weight excluding hydrogens is 266 g/mol. The summed E-state index contributed by atoms with van der Waals surface area (Å²) in [6.07, 6.45) is 3.24. The second-order valence-corrected chi connectivity index (χ2v) is 4.72. The molecule has 0 aliphatic heterocycles. The number of nitrogens with zero attached hydrogens (tertiary/aromatic N) is 1. The number of carbonyl (C=O) groups excluding carboxylic acids is 1. The van der Waals surface area contributed by atoms with Crippen LogP contribution in [0, 0.1) is 0 Å². The Hall–Kier alpha value is -2.82. The molecule has 5 heteroatoms. The minimum absolute atomic E-state index is 0.236. The molecule has 1 aromatic carbocycles. The van der Waals surface area contributed by atoms with Crippen molar-refractivity contribution in [3.05, 3.63) is 66.5 Å². The zero-order valence-electron chi connectivity index (χ0n) is 11.5. The van der Waals surface area contributed by atoms with Gasteiger partial charge in [-0.2, -0.15) is 0 Å². The zero-order valence-corrected chi connectivity index (χ0v) is 11.5. The first-order valence-corrected chi connectivity index (χ1v) is 6.69. The third-order valence-electron chi connectivity index (χ3n) is 3.18. The molecule has 3 rings (SSSR count). The maximum absolute atomic E-state index is 11.9. The predicted octanol–water partition coefficient (Wildman–Crippen LogP) is 3.16. The molecule has 21 heavy (non-hydrogen) atoms. The summed E-state index contributed by atoms with van der Waals surface area (Å²) in [4.78, 5) is 19.5. The van der Waals surface area contributed by atoms with Crippen molar-refractivity contribution in [1.82, 2.24) is 15.3 Å². The Morgan fingerprint density at radius 3 is 2.76 bits per heavy atom. The van der Waals surface area contributed by atoms with Crippen molar-refractivity contribution in [3.63, 3.8) is 0 Å². The van der Waals surface area contributed by atoms with Crippen LogP contribution >= 0.6 is 0 Å². The summed E-state index contributed by atoms with van der Waals surface area (Å²) in [5.74, 6) is 0.732. The van der Waals surface area contributed by atoms with E-state index in [1.54, 1.807) is 18.3 Å². The molecule has 2 aromatic heterocycles. The highest BCUT2D eigenvalue weighted by Gasteiger charge is 2.16. The smallest absolute Gasteiger partial charge is 0.287 e. The van der Waals surface area contributed by atoms with Gasteiger partial charge in [-0.05, 0) is 24.6 Å². The van der Waals surface area contributed by atoms with Gasteiger partial charge in [0.05, 0.1) is 24.2 Å². The summed E-state index contributed by atoms with van der Waals surface area (Å²) in [6, 6.07) is 13.0. The van der Waals surface area contributed by atoms with Gasteiger partial charge in [-0.3, -0.25) is 4.79 Å². The molecule has 2 heterocycles. The minimum Gasteiger partial charge on any atom is -0.459 e. The van der Waals surface area contributed by atoms with Gasteiger partial charge in [-0.1, -0.05) is 30.3 Å². The molecule has 0 aliphatic carbocycles. The second kappa shape index (κ2) is 5.66. The number of imidazole rings is 1. The standard InChI is InChI=1S/C16H15N3O2/c1-11(18-16(20)14-8-5-9-21-14)15-17-10-13(19-15)12-6-3-2-4-7-12/h2-11H,1H3,(H,17,19)(H,18,20)/t11-/m0/s1. The zero-order chi connectivity index (χ0) is 14.7. The summed E-state index contributed by atoms with van der Waals surface area (Å²) in [5, 5.41) is 2.84. The third kappa shape index (κ3) is 2.86. The average molecular weight is 281 g/mol. The molecule has 0 radical (unpaired) electrons. The van der Waals surface area contributed by atoms with E-state index in [1.165, 1.54) is 6.26 Å². The first kappa shape index (κ1) is 13.2. The van der Waals surface area contributed by atoms with Crippen molar-refractivity contribution in [1.29, 1.82) is 0 Å². The predicted molar refractivity (Wildman–Crippen MR) is 78.6 cm³/mol.